The van der Waals surface area contributed by atoms with E-state index < -0.39 is 0 Å². The maximum atomic E-state index is 5.40. The second-order valence-electron chi connectivity index (χ2n) is 5.98. The molecule has 3 rings (SSSR count). The maximum absolute atomic E-state index is 5.40. The average molecular weight is 321 g/mol. The molecule has 6 heteroatoms. The summed E-state index contributed by atoms with van der Waals surface area (Å²) in [5.74, 6) is 1.84. The lowest BCUT2D eigenvalue weighted by Crippen LogP contribution is -3.14. The summed E-state index contributed by atoms with van der Waals surface area (Å²) in [4.78, 5) is 13.3. The van der Waals surface area contributed by atoms with Gasteiger partial charge >= 0.3 is 0 Å². The largest absolute Gasteiger partial charge is 0.370 e. The molecule has 0 saturated carbocycles. The van der Waals surface area contributed by atoms with E-state index in [2.05, 4.69) is 29.1 Å². The Morgan fingerprint density at radius 1 is 1.18 bits per heavy atom. The number of hydrogen-bond donors (Lipinski definition) is 2. The quantitative estimate of drug-likeness (QED) is 0.816. The molecule has 1 saturated heterocycles. The van der Waals surface area contributed by atoms with Crippen molar-refractivity contribution in [1.82, 2.24) is 9.97 Å². The molecule has 0 atom stereocenters. The molecule has 0 bridgehead atoms. The fourth-order valence-electron chi connectivity index (χ4n) is 2.94. The van der Waals surface area contributed by atoms with Crippen molar-refractivity contribution < 1.29 is 9.64 Å². The molecule has 1 aliphatic rings. The molecule has 1 fully saturated rings. The minimum absolute atomic E-state index is 0.843. The van der Waals surface area contributed by atoms with Crippen LogP contribution < -0.4 is 10.2 Å². The number of aryl methyl sites for hydroxylation is 3. The van der Waals surface area contributed by atoms with Crippen molar-refractivity contribution in [3.05, 3.63) is 16.3 Å². The summed E-state index contributed by atoms with van der Waals surface area (Å²) in [7, 11) is 0. The first-order chi connectivity index (χ1) is 10.6. The van der Waals surface area contributed by atoms with Crippen molar-refractivity contribution >= 4 is 27.4 Å². The van der Waals surface area contributed by atoms with Gasteiger partial charge in [0, 0.05) is 17.8 Å². The SMILES string of the molecule is Cc1nc(NCCC[NH+]2CCOCC2)c2c(C)c(C)sc2n1. The number of nitrogens with zero attached hydrogens (tertiary/aromatic N) is 2. The second-order valence-corrected chi connectivity index (χ2v) is 7.18. The van der Waals surface area contributed by atoms with Crippen molar-refractivity contribution in [3.63, 3.8) is 0 Å². The van der Waals surface area contributed by atoms with Gasteiger partial charge in [-0.05, 0) is 26.3 Å². The summed E-state index contributed by atoms with van der Waals surface area (Å²) in [6, 6.07) is 0. The molecule has 2 aromatic heterocycles. The predicted molar refractivity (Wildman–Crippen MR) is 91.1 cm³/mol. The van der Waals surface area contributed by atoms with Gasteiger partial charge in [-0.15, -0.1) is 11.3 Å². The highest BCUT2D eigenvalue weighted by Gasteiger charge is 2.15. The summed E-state index contributed by atoms with van der Waals surface area (Å²) in [5.41, 5.74) is 1.31. The fraction of sp³-hybridized carbons (Fsp3) is 0.625. The molecular formula is C16H25N4OS+. The number of morpholine rings is 1. The molecular weight excluding hydrogens is 296 g/mol. The Hall–Kier alpha value is -1.24. The van der Waals surface area contributed by atoms with Gasteiger partial charge in [0.2, 0.25) is 0 Å². The highest BCUT2D eigenvalue weighted by Crippen LogP contribution is 2.33. The first-order valence-electron chi connectivity index (χ1n) is 8.04. The lowest BCUT2D eigenvalue weighted by atomic mass is 10.2. The van der Waals surface area contributed by atoms with E-state index in [0.29, 0.717) is 0 Å². The smallest absolute Gasteiger partial charge is 0.138 e. The van der Waals surface area contributed by atoms with Crippen LogP contribution >= 0.6 is 11.3 Å². The lowest BCUT2D eigenvalue weighted by molar-refractivity contribution is -0.908. The topological polar surface area (TPSA) is 51.5 Å². The van der Waals surface area contributed by atoms with Crippen LogP contribution in [0.3, 0.4) is 0 Å². The number of thiophene rings is 1. The van der Waals surface area contributed by atoms with Crippen molar-refractivity contribution in [2.45, 2.75) is 27.2 Å². The van der Waals surface area contributed by atoms with Crippen LogP contribution in [0, 0.1) is 20.8 Å². The van der Waals surface area contributed by atoms with Gasteiger partial charge in [0.1, 0.15) is 29.6 Å². The van der Waals surface area contributed by atoms with Gasteiger partial charge in [0.25, 0.3) is 0 Å². The van der Waals surface area contributed by atoms with Gasteiger partial charge in [-0.25, -0.2) is 9.97 Å². The van der Waals surface area contributed by atoms with E-state index in [9.17, 15) is 0 Å². The average Bonchev–Trinajstić information content (AvgIpc) is 2.79. The van der Waals surface area contributed by atoms with Crippen LogP contribution in [-0.2, 0) is 4.74 Å². The van der Waals surface area contributed by atoms with E-state index >= 15 is 0 Å². The predicted octanol–water partition coefficient (Wildman–Crippen LogP) is 1.33. The van der Waals surface area contributed by atoms with Gasteiger partial charge in [0.05, 0.1) is 25.1 Å². The highest BCUT2D eigenvalue weighted by atomic mass is 32.1. The zero-order valence-corrected chi connectivity index (χ0v) is 14.5. The molecule has 0 radical (unpaired) electrons. The van der Waals surface area contributed by atoms with Crippen LogP contribution in [-0.4, -0.2) is 49.4 Å². The van der Waals surface area contributed by atoms with E-state index in [1.165, 1.54) is 22.4 Å². The molecule has 5 nitrogen and oxygen atoms in total. The fourth-order valence-corrected chi connectivity index (χ4v) is 4.01. The third-order valence-corrected chi connectivity index (χ3v) is 5.44. The third kappa shape index (κ3) is 3.39. The van der Waals surface area contributed by atoms with Crippen LogP contribution in [0.4, 0.5) is 5.82 Å². The molecule has 22 heavy (non-hydrogen) atoms. The van der Waals surface area contributed by atoms with Crippen molar-refractivity contribution in [2.24, 2.45) is 0 Å². The number of ether oxygens (including phenoxy) is 1. The number of anilines is 1. The molecule has 0 unspecified atom stereocenters. The molecule has 3 heterocycles. The number of quaternary nitrogens is 1. The van der Waals surface area contributed by atoms with Crippen molar-refractivity contribution in [3.8, 4) is 0 Å². The number of nitrogens with one attached hydrogen (secondary N) is 2. The standard InChI is InChI=1S/C16H24N4OS/c1-11-12(2)22-16-14(11)15(18-13(3)19-16)17-5-4-6-20-7-9-21-10-8-20/h4-10H2,1-3H3,(H,17,18,19)/p+1. The Labute approximate surface area is 135 Å². The summed E-state index contributed by atoms with van der Waals surface area (Å²) >= 11 is 1.76. The van der Waals surface area contributed by atoms with Crippen molar-refractivity contribution in [1.29, 1.82) is 0 Å². The molecule has 1 aliphatic heterocycles. The van der Waals surface area contributed by atoms with Gasteiger partial charge in [-0.3, -0.25) is 0 Å². The lowest BCUT2D eigenvalue weighted by Gasteiger charge is -2.23. The van der Waals surface area contributed by atoms with Crippen LogP contribution in [0.1, 0.15) is 22.7 Å². The number of hydrogen-bond acceptors (Lipinski definition) is 5. The van der Waals surface area contributed by atoms with Crippen molar-refractivity contribution in [2.75, 3.05) is 44.7 Å². The van der Waals surface area contributed by atoms with E-state index in [0.717, 1.165) is 55.7 Å². The van der Waals surface area contributed by atoms with Crippen LogP contribution in [0.2, 0.25) is 0 Å². The normalized spacial score (nSPS) is 16.3. The zero-order chi connectivity index (χ0) is 15.5. The molecule has 0 aliphatic carbocycles. The number of aromatic nitrogens is 2. The van der Waals surface area contributed by atoms with Gasteiger partial charge in [-0.2, -0.15) is 0 Å². The highest BCUT2D eigenvalue weighted by molar-refractivity contribution is 7.18. The third-order valence-electron chi connectivity index (χ3n) is 4.34. The van der Waals surface area contributed by atoms with Gasteiger partial charge in [-0.1, -0.05) is 0 Å². The second kappa shape index (κ2) is 6.89. The summed E-state index contributed by atoms with van der Waals surface area (Å²) in [5, 5.41) is 4.73. The Morgan fingerprint density at radius 2 is 1.95 bits per heavy atom. The number of fused-ring (bicyclic) bond motifs is 1. The first kappa shape index (κ1) is 15.6. The van der Waals surface area contributed by atoms with Gasteiger partial charge < -0.3 is 15.0 Å². The Bertz CT molecular complexity index is 649. The van der Waals surface area contributed by atoms with E-state index in [1.54, 1.807) is 16.2 Å². The minimum atomic E-state index is 0.843. The zero-order valence-electron chi connectivity index (χ0n) is 13.7. The maximum Gasteiger partial charge on any atom is 0.138 e. The molecule has 2 N–H and O–H groups in total. The van der Waals surface area contributed by atoms with Crippen LogP contribution in [0.15, 0.2) is 0 Å². The Morgan fingerprint density at radius 3 is 2.73 bits per heavy atom. The summed E-state index contributed by atoms with van der Waals surface area (Å²) < 4.78 is 5.40. The first-order valence-corrected chi connectivity index (χ1v) is 8.86. The van der Waals surface area contributed by atoms with E-state index in [1.807, 2.05) is 6.92 Å². The molecule has 2 aromatic rings. The summed E-state index contributed by atoms with van der Waals surface area (Å²) in [6.45, 7) is 12.5. The van der Waals surface area contributed by atoms with Crippen LogP contribution in [0.25, 0.3) is 10.2 Å². The minimum Gasteiger partial charge on any atom is -0.370 e. The molecule has 0 aromatic carbocycles. The monoisotopic (exact) mass is 321 g/mol. The van der Waals surface area contributed by atoms with E-state index in [-0.39, 0.29) is 0 Å². The Kier molecular flexibility index (Phi) is 4.90. The van der Waals surface area contributed by atoms with E-state index in [4.69, 9.17) is 4.74 Å². The molecule has 0 amide bonds. The van der Waals surface area contributed by atoms with Gasteiger partial charge in [0.15, 0.2) is 0 Å². The number of rotatable bonds is 5. The van der Waals surface area contributed by atoms with Crippen LogP contribution in [0.5, 0.6) is 0 Å². The summed E-state index contributed by atoms with van der Waals surface area (Å²) in [6.07, 6.45) is 1.15. The molecule has 0 spiro atoms. The Balaban J connectivity index is 1.63. The molecule has 120 valence electrons.